The van der Waals surface area contributed by atoms with Gasteiger partial charge in [0, 0.05) is 6.54 Å². The second-order valence-corrected chi connectivity index (χ2v) is 3.73. The molecule has 1 amide bonds. The number of nitrogens with two attached hydrogens (primary N) is 1. The lowest BCUT2D eigenvalue weighted by Gasteiger charge is -2.31. The van der Waals surface area contributed by atoms with E-state index >= 15 is 0 Å². The zero-order chi connectivity index (χ0) is 12.3. The van der Waals surface area contributed by atoms with Gasteiger partial charge in [-0.25, -0.2) is 0 Å². The summed E-state index contributed by atoms with van der Waals surface area (Å²) in [6.45, 7) is 0.290. The first-order chi connectivity index (χ1) is 6.60. The van der Waals surface area contributed by atoms with Crippen LogP contribution < -0.4 is 11.1 Å². The predicted molar refractivity (Wildman–Crippen MR) is 50.2 cm³/mol. The molecule has 0 aliphatic carbocycles. The summed E-state index contributed by atoms with van der Waals surface area (Å²) in [5, 5.41) is 2.61. The summed E-state index contributed by atoms with van der Waals surface area (Å²) in [4.78, 5) is 12.0. The summed E-state index contributed by atoms with van der Waals surface area (Å²) < 4.78 is 36.0. The zero-order valence-electron chi connectivity index (χ0n) is 8.98. The van der Waals surface area contributed by atoms with Crippen molar-refractivity contribution in [2.24, 2.45) is 5.73 Å². The van der Waals surface area contributed by atoms with Gasteiger partial charge in [0.25, 0.3) is 0 Å². The minimum Gasteiger partial charge on any atom is -0.368 e. The third-order valence-corrected chi connectivity index (χ3v) is 2.13. The fourth-order valence-corrected chi connectivity index (χ4v) is 1.18. The highest BCUT2D eigenvalue weighted by Gasteiger charge is 2.35. The molecule has 0 spiro atoms. The van der Waals surface area contributed by atoms with Crippen molar-refractivity contribution in [1.29, 1.82) is 0 Å². The molecule has 0 saturated carbocycles. The van der Waals surface area contributed by atoms with Crippen molar-refractivity contribution in [1.82, 2.24) is 10.2 Å². The first-order valence-electron chi connectivity index (χ1n) is 4.35. The minimum atomic E-state index is -4.28. The maximum absolute atomic E-state index is 12.0. The van der Waals surface area contributed by atoms with Crippen LogP contribution in [0.4, 0.5) is 13.2 Å². The molecule has 4 nitrogen and oxygen atoms in total. The Morgan fingerprint density at radius 1 is 1.40 bits per heavy atom. The van der Waals surface area contributed by atoms with Gasteiger partial charge in [-0.2, -0.15) is 13.2 Å². The normalized spacial score (nSPS) is 16.5. The van der Waals surface area contributed by atoms with E-state index in [1.165, 1.54) is 21.0 Å². The van der Waals surface area contributed by atoms with Gasteiger partial charge in [0.15, 0.2) is 0 Å². The standard InChI is InChI=1S/C8H16F3N3O/c1-7(13-2,6(12)15)4-14(3)5-8(9,10)11/h13H,4-5H2,1-3H3,(H2,12,15). The highest BCUT2D eigenvalue weighted by molar-refractivity contribution is 5.84. The van der Waals surface area contributed by atoms with E-state index in [0.717, 1.165) is 4.90 Å². The lowest BCUT2D eigenvalue weighted by molar-refractivity contribution is -0.146. The smallest absolute Gasteiger partial charge is 0.368 e. The number of amides is 1. The van der Waals surface area contributed by atoms with Crippen LogP contribution in [0.3, 0.4) is 0 Å². The molecule has 90 valence electrons. The van der Waals surface area contributed by atoms with E-state index in [4.69, 9.17) is 5.73 Å². The maximum Gasteiger partial charge on any atom is 0.401 e. The first-order valence-corrected chi connectivity index (χ1v) is 4.35. The van der Waals surface area contributed by atoms with Gasteiger partial charge in [0.1, 0.15) is 5.54 Å². The van der Waals surface area contributed by atoms with E-state index in [2.05, 4.69) is 5.32 Å². The molecule has 0 aromatic rings. The summed E-state index contributed by atoms with van der Waals surface area (Å²) in [6.07, 6.45) is -4.28. The molecule has 0 aromatic carbocycles. The van der Waals surface area contributed by atoms with E-state index in [-0.39, 0.29) is 6.54 Å². The number of carbonyl (C=O) groups excluding carboxylic acids is 1. The molecule has 0 radical (unpaired) electrons. The topological polar surface area (TPSA) is 58.4 Å². The number of likely N-dealkylation sites (N-methyl/N-ethyl adjacent to an activating group) is 2. The van der Waals surface area contributed by atoms with Gasteiger partial charge in [0.2, 0.25) is 5.91 Å². The Morgan fingerprint density at radius 2 is 1.87 bits per heavy atom. The Kier molecular flexibility index (Phi) is 4.54. The van der Waals surface area contributed by atoms with Crippen LogP contribution in [0.5, 0.6) is 0 Å². The molecule has 1 atom stereocenters. The fraction of sp³-hybridized carbons (Fsp3) is 0.875. The van der Waals surface area contributed by atoms with Crippen molar-refractivity contribution in [2.75, 3.05) is 27.2 Å². The van der Waals surface area contributed by atoms with Gasteiger partial charge in [0.05, 0.1) is 6.54 Å². The second-order valence-electron chi connectivity index (χ2n) is 3.73. The molecular formula is C8H16F3N3O. The average Bonchev–Trinajstić information content (AvgIpc) is 1.99. The molecule has 0 aliphatic rings. The van der Waals surface area contributed by atoms with Gasteiger partial charge in [-0.05, 0) is 21.0 Å². The van der Waals surface area contributed by atoms with E-state index < -0.39 is 24.2 Å². The average molecular weight is 227 g/mol. The van der Waals surface area contributed by atoms with E-state index in [9.17, 15) is 18.0 Å². The van der Waals surface area contributed by atoms with Crippen LogP contribution in [-0.2, 0) is 4.79 Å². The number of hydrogen-bond acceptors (Lipinski definition) is 3. The van der Waals surface area contributed by atoms with Crippen LogP contribution in [0, 0.1) is 0 Å². The lowest BCUT2D eigenvalue weighted by atomic mass is 10.0. The van der Waals surface area contributed by atoms with Crippen molar-refractivity contribution in [2.45, 2.75) is 18.6 Å². The zero-order valence-corrected chi connectivity index (χ0v) is 8.98. The Hall–Kier alpha value is -0.820. The largest absolute Gasteiger partial charge is 0.401 e. The Balaban J connectivity index is 4.38. The van der Waals surface area contributed by atoms with Gasteiger partial charge in [-0.15, -0.1) is 0 Å². The number of carbonyl (C=O) groups is 1. The van der Waals surface area contributed by atoms with Crippen molar-refractivity contribution < 1.29 is 18.0 Å². The Labute approximate surface area is 86.6 Å². The molecule has 0 heterocycles. The molecule has 0 aromatic heterocycles. The number of halogens is 3. The monoisotopic (exact) mass is 227 g/mol. The molecular weight excluding hydrogens is 211 g/mol. The summed E-state index contributed by atoms with van der Waals surface area (Å²) in [6, 6.07) is 0. The molecule has 3 N–H and O–H groups in total. The van der Waals surface area contributed by atoms with Gasteiger partial charge in [-0.3, -0.25) is 9.69 Å². The number of hydrogen-bond donors (Lipinski definition) is 2. The third kappa shape index (κ3) is 4.98. The summed E-state index contributed by atoms with van der Waals surface area (Å²) in [5.41, 5.74) is 3.93. The molecule has 0 saturated heterocycles. The molecule has 0 fully saturated rings. The SMILES string of the molecule is CNC(C)(CN(C)CC(F)(F)F)C(N)=O. The van der Waals surface area contributed by atoms with E-state index in [1.807, 2.05) is 0 Å². The van der Waals surface area contributed by atoms with E-state index in [1.54, 1.807) is 0 Å². The van der Waals surface area contributed by atoms with Gasteiger partial charge >= 0.3 is 6.18 Å². The fourth-order valence-electron chi connectivity index (χ4n) is 1.18. The summed E-state index contributed by atoms with van der Waals surface area (Å²) in [7, 11) is 2.76. The van der Waals surface area contributed by atoms with Gasteiger partial charge in [-0.1, -0.05) is 0 Å². The summed E-state index contributed by atoms with van der Waals surface area (Å²) in [5.74, 6) is -0.681. The quantitative estimate of drug-likeness (QED) is 0.692. The number of nitrogens with zero attached hydrogens (tertiary/aromatic N) is 1. The van der Waals surface area contributed by atoms with Crippen LogP contribution in [0.2, 0.25) is 0 Å². The van der Waals surface area contributed by atoms with E-state index in [0.29, 0.717) is 0 Å². The van der Waals surface area contributed by atoms with Gasteiger partial charge < -0.3 is 11.1 Å². The molecule has 0 bridgehead atoms. The van der Waals surface area contributed by atoms with Crippen molar-refractivity contribution in [3.63, 3.8) is 0 Å². The van der Waals surface area contributed by atoms with Crippen LogP contribution in [0.25, 0.3) is 0 Å². The lowest BCUT2D eigenvalue weighted by Crippen LogP contribution is -2.58. The van der Waals surface area contributed by atoms with Crippen LogP contribution >= 0.6 is 0 Å². The molecule has 7 heteroatoms. The number of alkyl halides is 3. The second kappa shape index (κ2) is 4.80. The van der Waals surface area contributed by atoms with Crippen molar-refractivity contribution in [3.05, 3.63) is 0 Å². The van der Waals surface area contributed by atoms with Crippen LogP contribution in [0.15, 0.2) is 0 Å². The Morgan fingerprint density at radius 3 is 2.13 bits per heavy atom. The molecule has 0 aliphatic heterocycles. The minimum absolute atomic E-state index is 0.0989. The predicted octanol–water partition coefficient (Wildman–Crippen LogP) is -0.0561. The summed E-state index contributed by atoms with van der Waals surface area (Å²) >= 11 is 0. The Bertz CT molecular complexity index is 232. The number of nitrogens with one attached hydrogen (secondary N) is 1. The first kappa shape index (κ1) is 14.2. The molecule has 0 rings (SSSR count). The highest BCUT2D eigenvalue weighted by atomic mass is 19.4. The number of rotatable bonds is 5. The molecule has 1 unspecified atom stereocenters. The third-order valence-electron chi connectivity index (χ3n) is 2.13. The van der Waals surface area contributed by atoms with Crippen LogP contribution in [0.1, 0.15) is 6.92 Å². The van der Waals surface area contributed by atoms with Crippen molar-refractivity contribution >= 4 is 5.91 Å². The maximum atomic E-state index is 12.0. The molecule has 15 heavy (non-hydrogen) atoms. The number of primary amides is 1. The van der Waals surface area contributed by atoms with Crippen LogP contribution in [-0.4, -0.2) is 49.7 Å². The highest BCUT2D eigenvalue weighted by Crippen LogP contribution is 2.16. The van der Waals surface area contributed by atoms with Crippen molar-refractivity contribution in [3.8, 4) is 0 Å².